The van der Waals surface area contributed by atoms with Crippen molar-refractivity contribution < 1.29 is 14.3 Å². The molecular weight excluding hydrogens is 256 g/mol. The third-order valence-corrected chi connectivity index (χ3v) is 2.78. The zero-order valence-corrected chi connectivity index (χ0v) is 12.0. The van der Waals surface area contributed by atoms with Crippen LogP contribution in [0, 0.1) is 0 Å². The minimum absolute atomic E-state index is 0.0169. The molecule has 0 spiro atoms. The van der Waals surface area contributed by atoms with Crippen LogP contribution in [-0.4, -0.2) is 24.5 Å². The molecule has 1 atom stereocenters. The van der Waals surface area contributed by atoms with Gasteiger partial charge in [0.2, 0.25) is 5.91 Å². The third-order valence-electron chi connectivity index (χ3n) is 2.78. The van der Waals surface area contributed by atoms with Crippen molar-refractivity contribution in [1.29, 1.82) is 0 Å². The third kappa shape index (κ3) is 5.84. The van der Waals surface area contributed by atoms with Crippen LogP contribution in [-0.2, 0) is 16.1 Å². The first-order valence-electron chi connectivity index (χ1n) is 6.81. The molecule has 20 heavy (non-hydrogen) atoms. The number of amides is 1. The maximum atomic E-state index is 11.5. The van der Waals surface area contributed by atoms with Gasteiger partial charge in [-0.15, -0.1) is 0 Å². The summed E-state index contributed by atoms with van der Waals surface area (Å²) in [5, 5.41) is 2.82. The Morgan fingerprint density at radius 2 is 1.95 bits per heavy atom. The van der Waals surface area contributed by atoms with Crippen LogP contribution in [0.4, 0.5) is 0 Å². The molecule has 1 aromatic rings. The summed E-state index contributed by atoms with van der Waals surface area (Å²) < 4.78 is 4.90. The first-order valence-corrected chi connectivity index (χ1v) is 6.81. The second-order valence-electron chi connectivity index (χ2n) is 4.71. The summed E-state index contributed by atoms with van der Waals surface area (Å²) >= 11 is 0. The fraction of sp³-hybridized carbons (Fsp3) is 0.467. The van der Waals surface area contributed by atoms with E-state index in [2.05, 4.69) is 5.32 Å². The topological polar surface area (TPSA) is 81.4 Å². The molecule has 0 saturated heterocycles. The van der Waals surface area contributed by atoms with Gasteiger partial charge < -0.3 is 15.8 Å². The summed E-state index contributed by atoms with van der Waals surface area (Å²) in [4.78, 5) is 23.0. The van der Waals surface area contributed by atoms with Crippen LogP contribution in [0.25, 0.3) is 0 Å². The van der Waals surface area contributed by atoms with E-state index < -0.39 is 0 Å². The van der Waals surface area contributed by atoms with Crippen LogP contribution < -0.4 is 11.1 Å². The normalized spacial score (nSPS) is 11.8. The summed E-state index contributed by atoms with van der Waals surface area (Å²) in [6.07, 6.45) is 1.10. The minimum atomic E-state index is -0.333. The summed E-state index contributed by atoms with van der Waals surface area (Å²) in [7, 11) is 0. The number of benzene rings is 1. The number of ether oxygens (including phenoxy) is 1. The fourth-order valence-corrected chi connectivity index (χ4v) is 1.62. The molecule has 0 saturated carbocycles. The van der Waals surface area contributed by atoms with Crippen LogP contribution in [0.3, 0.4) is 0 Å². The summed E-state index contributed by atoms with van der Waals surface area (Å²) in [6, 6.07) is 7.03. The van der Waals surface area contributed by atoms with Gasteiger partial charge in [-0.1, -0.05) is 12.1 Å². The van der Waals surface area contributed by atoms with Crippen molar-refractivity contribution in [2.24, 2.45) is 5.73 Å². The molecule has 5 nitrogen and oxygen atoms in total. The van der Waals surface area contributed by atoms with Gasteiger partial charge in [0, 0.05) is 19.0 Å². The second kappa shape index (κ2) is 8.32. The summed E-state index contributed by atoms with van der Waals surface area (Å²) in [5.41, 5.74) is 7.04. The van der Waals surface area contributed by atoms with Crippen molar-refractivity contribution in [2.45, 2.75) is 39.3 Å². The quantitative estimate of drug-likeness (QED) is 0.742. The zero-order valence-electron chi connectivity index (χ0n) is 12.0. The Morgan fingerprint density at radius 3 is 2.50 bits per heavy atom. The van der Waals surface area contributed by atoms with Gasteiger partial charge in [0.05, 0.1) is 12.2 Å². The van der Waals surface area contributed by atoms with Crippen molar-refractivity contribution in [3.63, 3.8) is 0 Å². The Bertz CT molecular complexity index is 441. The molecule has 0 aromatic heterocycles. The lowest BCUT2D eigenvalue weighted by atomic mass is 10.1. The van der Waals surface area contributed by atoms with E-state index in [1.54, 1.807) is 31.2 Å². The molecule has 0 aliphatic rings. The molecule has 5 heteroatoms. The van der Waals surface area contributed by atoms with Gasteiger partial charge >= 0.3 is 5.97 Å². The maximum absolute atomic E-state index is 11.5. The highest BCUT2D eigenvalue weighted by Crippen LogP contribution is 2.06. The molecule has 3 N–H and O–H groups in total. The van der Waals surface area contributed by atoms with Gasteiger partial charge in [-0.2, -0.15) is 0 Å². The molecule has 0 heterocycles. The largest absolute Gasteiger partial charge is 0.462 e. The molecule has 0 bridgehead atoms. The number of nitrogens with two attached hydrogens (primary N) is 1. The lowest BCUT2D eigenvalue weighted by Gasteiger charge is -2.07. The number of rotatable bonds is 7. The number of hydrogen-bond donors (Lipinski definition) is 2. The Balaban J connectivity index is 2.42. The Morgan fingerprint density at radius 1 is 1.30 bits per heavy atom. The SMILES string of the molecule is CCOC(=O)c1ccc(CNC(=O)CCC(C)N)cc1. The van der Waals surface area contributed by atoms with Crippen molar-refractivity contribution in [1.82, 2.24) is 5.32 Å². The molecule has 110 valence electrons. The smallest absolute Gasteiger partial charge is 0.338 e. The highest BCUT2D eigenvalue weighted by Gasteiger charge is 2.06. The zero-order chi connectivity index (χ0) is 15.0. The van der Waals surface area contributed by atoms with E-state index in [4.69, 9.17) is 10.5 Å². The van der Waals surface area contributed by atoms with Gasteiger partial charge in [0.1, 0.15) is 0 Å². The van der Waals surface area contributed by atoms with E-state index in [1.165, 1.54) is 0 Å². The first-order chi connectivity index (χ1) is 9.52. The maximum Gasteiger partial charge on any atom is 0.338 e. The van der Waals surface area contributed by atoms with E-state index in [0.29, 0.717) is 31.6 Å². The number of hydrogen-bond acceptors (Lipinski definition) is 4. The van der Waals surface area contributed by atoms with Crippen LogP contribution in [0.2, 0.25) is 0 Å². The molecule has 0 aliphatic carbocycles. The van der Waals surface area contributed by atoms with Gasteiger partial charge in [-0.25, -0.2) is 4.79 Å². The van der Waals surface area contributed by atoms with E-state index >= 15 is 0 Å². The molecule has 0 fully saturated rings. The second-order valence-corrected chi connectivity index (χ2v) is 4.71. The van der Waals surface area contributed by atoms with E-state index in [9.17, 15) is 9.59 Å². The van der Waals surface area contributed by atoms with Crippen LogP contribution in [0.1, 0.15) is 42.6 Å². The average molecular weight is 278 g/mol. The van der Waals surface area contributed by atoms with Crippen LogP contribution >= 0.6 is 0 Å². The fourth-order valence-electron chi connectivity index (χ4n) is 1.62. The van der Waals surface area contributed by atoms with Crippen LogP contribution in [0.15, 0.2) is 24.3 Å². The Kier molecular flexibility index (Phi) is 6.73. The molecule has 0 radical (unpaired) electrons. The molecule has 1 unspecified atom stereocenters. The lowest BCUT2D eigenvalue weighted by Crippen LogP contribution is -2.25. The van der Waals surface area contributed by atoms with Gasteiger partial charge in [-0.3, -0.25) is 4.79 Å². The predicted octanol–water partition coefficient (Wildman–Crippen LogP) is 1.61. The lowest BCUT2D eigenvalue weighted by molar-refractivity contribution is -0.121. The van der Waals surface area contributed by atoms with E-state index in [1.807, 2.05) is 6.92 Å². The highest BCUT2D eigenvalue weighted by atomic mass is 16.5. The summed E-state index contributed by atoms with van der Waals surface area (Å²) in [6.45, 7) is 4.45. The van der Waals surface area contributed by atoms with E-state index in [-0.39, 0.29) is 17.9 Å². The van der Waals surface area contributed by atoms with Gasteiger partial charge in [-0.05, 0) is 38.0 Å². The average Bonchev–Trinajstić information content (AvgIpc) is 2.43. The first kappa shape index (κ1) is 16.2. The predicted molar refractivity (Wildman–Crippen MR) is 77.1 cm³/mol. The van der Waals surface area contributed by atoms with Crippen LogP contribution in [0.5, 0.6) is 0 Å². The Labute approximate surface area is 119 Å². The molecule has 1 aromatic carbocycles. The Hall–Kier alpha value is -1.88. The molecule has 1 amide bonds. The number of esters is 1. The van der Waals surface area contributed by atoms with E-state index in [0.717, 1.165) is 5.56 Å². The van der Waals surface area contributed by atoms with Crippen molar-refractivity contribution in [3.05, 3.63) is 35.4 Å². The van der Waals surface area contributed by atoms with Crippen molar-refractivity contribution >= 4 is 11.9 Å². The minimum Gasteiger partial charge on any atom is -0.462 e. The standard InChI is InChI=1S/C15H22N2O3/c1-3-20-15(19)13-7-5-12(6-8-13)10-17-14(18)9-4-11(2)16/h5-8,11H,3-4,9-10,16H2,1-2H3,(H,17,18). The molecule has 0 aliphatic heterocycles. The van der Waals surface area contributed by atoms with Crippen molar-refractivity contribution in [2.75, 3.05) is 6.61 Å². The monoisotopic (exact) mass is 278 g/mol. The van der Waals surface area contributed by atoms with Gasteiger partial charge in [0.25, 0.3) is 0 Å². The number of carbonyl (C=O) groups is 2. The van der Waals surface area contributed by atoms with Gasteiger partial charge in [0.15, 0.2) is 0 Å². The molecule has 1 rings (SSSR count). The summed E-state index contributed by atoms with van der Waals surface area (Å²) in [5.74, 6) is -0.350. The number of carbonyl (C=O) groups excluding carboxylic acids is 2. The van der Waals surface area contributed by atoms with Crippen molar-refractivity contribution in [3.8, 4) is 0 Å². The molecular formula is C15H22N2O3. The highest BCUT2D eigenvalue weighted by molar-refractivity contribution is 5.89. The number of nitrogens with one attached hydrogen (secondary N) is 1.